The van der Waals surface area contributed by atoms with E-state index >= 15 is 0 Å². The van der Waals surface area contributed by atoms with E-state index in [1.165, 1.54) is 5.56 Å². The molecular formula is C17H19NOS. The fourth-order valence-electron chi connectivity index (χ4n) is 2.22. The van der Waals surface area contributed by atoms with E-state index in [1.807, 2.05) is 50.4 Å². The van der Waals surface area contributed by atoms with Crippen molar-refractivity contribution < 1.29 is 4.79 Å². The van der Waals surface area contributed by atoms with E-state index in [4.69, 9.17) is 0 Å². The van der Waals surface area contributed by atoms with Crippen LogP contribution < -0.4 is 4.90 Å². The van der Waals surface area contributed by atoms with Crippen LogP contribution in [0.4, 0.5) is 5.69 Å². The van der Waals surface area contributed by atoms with Gasteiger partial charge in [0.2, 0.25) is 5.91 Å². The van der Waals surface area contributed by atoms with Crippen molar-refractivity contribution in [3.8, 4) is 0 Å². The van der Waals surface area contributed by atoms with Crippen molar-refractivity contribution in [2.45, 2.75) is 25.2 Å². The molecule has 2 rings (SSSR count). The summed E-state index contributed by atoms with van der Waals surface area (Å²) in [5.74, 6) is 0.0869. The van der Waals surface area contributed by atoms with Crippen molar-refractivity contribution in [2.75, 3.05) is 11.9 Å². The van der Waals surface area contributed by atoms with Gasteiger partial charge in [-0.05, 0) is 43.2 Å². The Balaban J connectivity index is 2.14. The van der Waals surface area contributed by atoms with E-state index in [9.17, 15) is 4.79 Å². The lowest BCUT2D eigenvalue weighted by Crippen LogP contribution is -2.28. The van der Waals surface area contributed by atoms with Crippen molar-refractivity contribution in [2.24, 2.45) is 0 Å². The zero-order chi connectivity index (χ0) is 14.7. The largest absolute Gasteiger partial charge is 0.315 e. The summed E-state index contributed by atoms with van der Waals surface area (Å²) < 4.78 is 0. The maximum atomic E-state index is 12.3. The molecule has 2 nitrogen and oxygen atoms in total. The van der Waals surface area contributed by atoms with Crippen molar-refractivity contribution in [1.29, 1.82) is 0 Å². The molecule has 0 atom stereocenters. The second-order valence-electron chi connectivity index (χ2n) is 5.09. The molecule has 2 aromatic carbocycles. The Bertz CT molecular complexity index is 619. The molecule has 3 heteroatoms. The van der Waals surface area contributed by atoms with Crippen LogP contribution in [0.3, 0.4) is 0 Å². The monoisotopic (exact) mass is 285 g/mol. The first kappa shape index (κ1) is 14.7. The number of anilines is 1. The minimum absolute atomic E-state index is 0.0869. The molecule has 0 fully saturated rings. The van der Waals surface area contributed by atoms with Crippen molar-refractivity contribution >= 4 is 24.2 Å². The first-order valence-electron chi connectivity index (χ1n) is 6.59. The Kier molecular flexibility index (Phi) is 4.50. The third-order valence-electron chi connectivity index (χ3n) is 3.38. The number of carbonyl (C=O) groups excluding carboxylic acids is 1. The minimum atomic E-state index is 0.0869. The van der Waals surface area contributed by atoms with Crippen LogP contribution in [0.5, 0.6) is 0 Å². The number of aryl methyl sites for hydroxylation is 2. The summed E-state index contributed by atoms with van der Waals surface area (Å²) in [6, 6.07) is 13.8. The van der Waals surface area contributed by atoms with E-state index in [2.05, 4.69) is 25.6 Å². The van der Waals surface area contributed by atoms with Gasteiger partial charge in [0.25, 0.3) is 0 Å². The van der Waals surface area contributed by atoms with Crippen LogP contribution in [0.25, 0.3) is 0 Å². The summed E-state index contributed by atoms with van der Waals surface area (Å²) in [5.41, 5.74) is 4.29. The summed E-state index contributed by atoms with van der Waals surface area (Å²) in [4.78, 5) is 15.0. The first-order chi connectivity index (χ1) is 9.47. The zero-order valence-corrected chi connectivity index (χ0v) is 12.9. The average Bonchev–Trinajstić information content (AvgIpc) is 2.40. The van der Waals surface area contributed by atoms with Crippen molar-refractivity contribution in [3.05, 3.63) is 59.2 Å². The molecule has 0 bridgehead atoms. The fraction of sp³-hybridized carbons (Fsp3) is 0.235. The minimum Gasteiger partial charge on any atom is -0.315 e. The van der Waals surface area contributed by atoms with E-state index in [-0.39, 0.29) is 5.91 Å². The molecule has 0 aromatic heterocycles. The van der Waals surface area contributed by atoms with Gasteiger partial charge in [0.1, 0.15) is 0 Å². The van der Waals surface area contributed by atoms with Gasteiger partial charge in [-0.25, -0.2) is 0 Å². The molecule has 1 amide bonds. The summed E-state index contributed by atoms with van der Waals surface area (Å²) >= 11 is 4.25. The number of amides is 1. The van der Waals surface area contributed by atoms with E-state index < -0.39 is 0 Å². The second-order valence-corrected chi connectivity index (χ2v) is 5.60. The summed E-state index contributed by atoms with van der Waals surface area (Å²) in [5, 5.41) is 0. The SMILES string of the molecule is Cc1ccc(N(C)C(=O)Cc2ccc(S)cc2)c(C)c1. The maximum absolute atomic E-state index is 12.3. The predicted octanol–water partition coefficient (Wildman–Crippen LogP) is 3.80. The number of nitrogens with zero attached hydrogens (tertiary/aromatic N) is 1. The van der Waals surface area contributed by atoms with Gasteiger partial charge >= 0.3 is 0 Å². The molecule has 20 heavy (non-hydrogen) atoms. The molecular weight excluding hydrogens is 266 g/mol. The summed E-state index contributed by atoms with van der Waals surface area (Å²) in [6.07, 6.45) is 0.401. The van der Waals surface area contributed by atoms with E-state index in [0.717, 1.165) is 21.7 Å². The second kappa shape index (κ2) is 6.14. The smallest absolute Gasteiger partial charge is 0.231 e. The third kappa shape index (κ3) is 3.42. The highest BCUT2D eigenvalue weighted by Gasteiger charge is 2.13. The van der Waals surface area contributed by atoms with Crippen LogP contribution in [0.15, 0.2) is 47.4 Å². The lowest BCUT2D eigenvalue weighted by molar-refractivity contribution is -0.117. The predicted molar refractivity (Wildman–Crippen MR) is 86.7 cm³/mol. The van der Waals surface area contributed by atoms with Crippen LogP contribution in [-0.4, -0.2) is 13.0 Å². The Labute approximate surface area is 125 Å². The number of hydrogen-bond donors (Lipinski definition) is 1. The van der Waals surface area contributed by atoms with Crippen LogP contribution in [-0.2, 0) is 11.2 Å². The van der Waals surface area contributed by atoms with Gasteiger partial charge in [-0.2, -0.15) is 0 Å². The lowest BCUT2D eigenvalue weighted by Gasteiger charge is -2.20. The average molecular weight is 285 g/mol. The number of rotatable bonds is 3. The van der Waals surface area contributed by atoms with Crippen LogP contribution in [0.1, 0.15) is 16.7 Å². The Morgan fingerprint density at radius 3 is 2.35 bits per heavy atom. The topological polar surface area (TPSA) is 20.3 Å². The molecule has 0 unspecified atom stereocenters. The van der Waals surface area contributed by atoms with Gasteiger partial charge in [0.15, 0.2) is 0 Å². The van der Waals surface area contributed by atoms with Gasteiger partial charge in [0, 0.05) is 17.6 Å². The van der Waals surface area contributed by atoms with E-state index in [0.29, 0.717) is 6.42 Å². The molecule has 0 aliphatic carbocycles. The molecule has 0 aliphatic heterocycles. The number of likely N-dealkylation sites (N-methyl/N-ethyl adjacent to an activating group) is 1. The lowest BCUT2D eigenvalue weighted by atomic mass is 10.1. The third-order valence-corrected chi connectivity index (χ3v) is 3.68. The van der Waals surface area contributed by atoms with Gasteiger partial charge in [-0.15, -0.1) is 12.6 Å². The highest BCUT2D eigenvalue weighted by Crippen LogP contribution is 2.21. The van der Waals surface area contributed by atoms with Gasteiger partial charge in [-0.1, -0.05) is 29.8 Å². The van der Waals surface area contributed by atoms with Crippen LogP contribution in [0, 0.1) is 13.8 Å². The number of thiol groups is 1. The molecule has 0 spiro atoms. The molecule has 2 aromatic rings. The van der Waals surface area contributed by atoms with Crippen molar-refractivity contribution in [1.82, 2.24) is 0 Å². The van der Waals surface area contributed by atoms with Gasteiger partial charge in [-0.3, -0.25) is 4.79 Å². The van der Waals surface area contributed by atoms with E-state index in [1.54, 1.807) is 4.90 Å². The maximum Gasteiger partial charge on any atom is 0.231 e. The Morgan fingerprint density at radius 1 is 1.10 bits per heavy atom. The van der Waals surface area contributed by atoms with Crippen molar-refractivity contribution in [3.63, 3.8) is 0 Å². The first-order valence-corrected chi connectivity index (χ1v) is 7.04. The molecule has 0 N–H and O–H groups in total. The molecule has 0 radical (unpaired) electrons. The normalized spacial score (nSPS) is 10.4. The quantitative estimate of drug-likeness (QED) is 0.851. The molecule has 0 saturated heterocycles. The van der Waals surface area contributed by atoms with Gasteiger partial charge < -0.3 is 4.90 Å². The number of hydrogen-bond acceptors (Lipinski definition) is 2. The Hall–Kier alpha value is -1.74. The molecule has 104 valence electrons. The highest BCUT2D eigenvalue weighted by atomic mass is 32.1. The molecule has 0 heterocycles. The highest BCUT2D eigenvalue weighted by molar-refractivity contribution is 7.80. The number of benzene rings is 2. The Morgan fingerprint density at radius 2 is 1.75 bits per heavy atom. The molecule has 0 saturated carbocycles. The zero-order valence-electron chi connectivity index (χ0n) is 12.1. The van der Waals surface area contributed by atoms with Crippen LogP contribution in [0.2, 0.25) is 0 Å². The fourth-order valence-corrected chi connectivity index (χ4v) is 2.37. The standard InChI is InChI=1S/C17H19NOS/c1-12-4-9-16(13(2)10-12)18(3)17(19)11-14-5-7-15(20)8-6-14/h4-10,20H,11H2,1-3H3. The summed E-state index contributed by atoms with van der Waals surface area (Å²) in [6.45, 7) is 4.08. The number of carbonyl (C=O) groups is 1. The molecule has 0 aliphatic rings. The van der Waals surface area contributed by atoms with Gasteiger partial charge in [0.05, 0.1) is 6.42 Å². The van der Waals surface area contributed by atoms with Crippen LogP contribution >= 0.6 is 12.6 Å². The summed E-state index contributed by atoms with van der Waals surface area (Å²) in [7, 11) is 1.83.